The molecular formula is C13H15ClO7. The smallest absolute Gasteiger partial charge is 0.328 e. The lowest BCUT2D eigenvalue weighted by Crippen LogP contribution is -2.21. The predicted molar refractivity (Wildman–Crippen MR) is 74.5 cm³/mol. The van der Waals surface area contributed by atoms with Crippen LogP contribution >= 0.6 is 11.6 Å². The summed E-state index contributed by atoms with van der Waals surface area (Å²) >= 11 is 5.66. The summed E-state index contributed by atoms with van der Waals surface area (Å²) in [4.78, 5) is 19.1. The number of benzene rings is 1. The van der Waals surface area contributed by atoms with Crippen LogP contribution in [0.3, 0.4) is 0 Å². The molecule has 0 aliphatic carbocycles. The van der Waals surface area contributed by atoms with Crippen LogP contribution in [-0.4, -0.2) is 51.7 Å². The minimum absolute atomic E-state index is 0.0815. The van der Waals surface area contributed by atoms with Crippen LogP contribution in [0.4, 0.5) is 0 Å². The Morgan fingerprint density at radius 2 is 1.62 bits per heavy atom. The fraction of sp³-hybridized carbons (Fsp3) is 0.231. The molecule has 0 fully saturated rings. The lowest BCUT2D eigenvalue weighted by atomic mass is 10.3. The second kappa shape index (κ2) is 10.7. The Labute approximate surface area is 125 Å². The van der Waals surface area contributed by atoms with E-state index in [-0.39, 0.29) is 13.2 Å². The van der Waals surface area contributed by atoms with Gasteiger partial charge in [0.25, 0.3) is 0 Å². The first kappa shape index (κ1) is 18.9. The monoisotopic (exact) mass is 318 g/mol. The van der Waals surface area contributed by atoms with Gasteiger partial charge in [0.1, 0.15) is 18.5 Å². The summed E-state index contributed by atoms with van der Waals surface area (Å²) in [5.74, 6) is -1.89. The van der Waals surface area contributed by atoms with Crippen LogP contribution in [0.15, 0.2) is 36.4 Å². The summed E-state index contributed by atoms with van der Waals surface area (Å²) < 4.78 is 5.15. The highest BCUT2D eigenvalue weighted by molar-refractivity contribution is 6.30. The first-order valence-corrected chi connectivity index (χ1v) is 6.04. The van der Waals surface area contributed by atoms with Crippen molar-refractivity contribution in [3.05, 3.63) is 41.4 Å². The summed E-state index contributed by atoms with van der Waals surface area (Å²) in [7, 11) is 0. The average molecular weight is 319 g/mol. The molecule has 0 aliphatic rings. The zero-order valence-electron chi connectivity index (χ0n) is 10.8. The van der Waals surface area contributed by atoms with Gasteiger partial charge in [-0.1, -0.05) is 11.6 Å². The van der Waals surface area contributed by atoms with Crippen LogP contribution in [-0.2, 0) is 9.59 Å². The van der Waals surface area contributed by atoms with Crippen molar-refractivity contribution in [2.75, 3.05) is 13.2 Å². The number of hydrogen-bond acceptors (Lipinski definition) is 5. The summed E-state index contributed by atoms with van der Waals surface area (Å²) in [5.41, 5.74) is 0. The minimum atomic E-state index is -1.26. The molecule has 0 bridgehead atoms. The van der Waals surface area contributed by atoms with Gasteiger partial charge in [-0.25, -0.2) is 9.59 Å². The van der Waals surface area contributed by atoms with Crippen LogP contribution in [0, 0.1) is 0 Å². The van der Waals surface area contributed by atoms with Crippen LogP contribution in [0.25, 0.3) is 0 Å². The highest BCUT2D eigenvalue weighted by Gasteiger charge is 2.02. The molecule has 0 aromatic heterocycles. The van der Waals surface area contributed by atoms with Gasteiger partial charge in [0, 0.05) is 17.2 Å². The van der Waals surface area contributed by atoms with Gasteiger partial charge in [-0.05, 0) is 24.3 Å². The molecule has 1 aromatic rings. The number of ether oxygens (including phenoxy) is 1. The Kier molecular flexibility index (Phi) is 9.61. The van der Waals surface area contributed by atoms with E-state index in [1.54, 1.807) is 24.3 Å². The molecule has 0 spiro atoms. The van der Waals surface area contributed by atoms with Gasteiger partial charge in [-0.15, -0.1) is 0 Å². The van der Waals surface area contributed by atoms with Gasteiger partial charge in [-0.3, -0.25) is 0 Å². The molecule has 21 heavy (non-hydrogen) atoms. The van der Waals surface area contributed by atoms with Crippen molar-refractivity contribution >= 4 is 23.5 Å². The summed E-state index contributed by atoms with van der Waals surface area (Å²) in [6.45, 7) is -0.217. The van der Waals surface area contributed by atoms with Gasteiger partial charge in [-0.2, -0.15) is 0 Å². The van der Waals surface area contributed by atoms with Gasteiger partial charge in [0.2, 0.25) is 0 Å². The number of carboxylic acid groups (broad SMARTS) is 2. The van der Waals surface area contributed by atoms with Gasteiger partial charge in [0.05, 0.1) is 6.61 Å². The SMILES string of the molecule is O=C(O)/C=C\C(=O)O.OCC(O)COc1ccc(Cl)cc1. The number of carbonyl (C=O) groups is 2. The number of rotatable bonds is 6. The van der Waals surface area contributed by atoms with E-state index in [1.165, 1.54) is 0 Å². The van der Waals surface area contributed by atoms with Crippen molar-refractivity contribution in [1.29, 1.82) is 0 Å². The van der Waals surface area contributed by atoms with Crippen molar-refractivity contribution in [1.82, 2.24) is 0 Å². The van der Waals surface area contributed by atoms with E-state index in [9.17, 15) is 9.59 Å². The highest BCUT2D eigenvalue weighted by atomic mass is 35.5. The first-order chi connectivity index (χ1) is 9.85. The summed E-state index contributed by atoms with van der Waals surface area (Å²) in [5, 5.41) is 33.7. The van der Waals surface area contributed by atoms with Crippen LogP contribution < -0.4 is 4.74 Å². The molecule has 8 heteroatoms. The largest absolute Gasteiger partial charge is 0.491 e. The summed E-state index contributed by atoms with van der Waals surface area (Å²) in [6.07, 6.45) is 0.278. The van der Waals surface area contributed by atoms with E-state index >= 15 is 0 Å². The molecule has 0 radical (unpaired) electrons. The van der Waals surface area contributed by atoms with Crippen LogP contribution in [0.1, 0.15) is 0 Å². The van der Waals surface area contributed by atoms with E-state index < -0.39 is 18.0 Å². The van der Waals surface area contributed by atoms with E-state index in [4.69, 9.17) is 36.8 Å². The zero-order chi connectivity index (χ0) is 16.3. The Morgan fingerprint density at radius 3 is 2.00 bits per heavy atom. The van der Waals surface area contributed by atoms with E-state index in [2.05, 4.69) is 0 Å². The van der Waals surface area contributed by atoms with Crippen molar-refractivity contribution in [2.24, 2.45) is 0 Å². The minimum Gasteiger partial charge on any atom is -0.491 e. The Hall–Kier alpha value is -2.09. The number of aliphatic hydroxyl groups is 2. The molecule has 1 aromatic carbocycles. The number of halogens is 1. The van der Waals surface area contributed by atoms with Crippen LogP contribution in [0.5, 0.6) is 5.75 Å². The predicted octanol–water partition coefficient (Wildman–Crippen LogP) is 0.784. The van der Waals surface area contributed by atoms with Gasteiger partial charge >= 0.3 is 11.9 Å². The molecule has 0 saturated carbocycles. The maximum Gasteiger partial charge on any atom is 0.328 e. The topological polar surface area (TPSA) is 124 Å². The average Bonchev–Trinajstić information content (AvgIpc) is 2.45. The molecule has 4 N–H and O–H groups in total. The third-order valence-electron chi connectivity index (χ3n) is 1.84. The second-order valence-electron chi connectivity index (χ2n) is 3.61. The quantitative estimate of drug-likeness (QED) is 0.571. The second-order valence-corrected chi connectivity index (χ2v) is 4.05. The molecule has 0 amide bonds. The number of carboxylic acids is 2. The molecule has 1 atom stereocenters. The van der Waals surface area contributed by atoms with Crippen LogP contribution in [0.2, 0.25) is 5.02 Å². The van der Waals surface area contributed by atoms with E-state index in [0.29, 0.717) is 22.9 Å². The Bertz CT molecular complexity index is 454. The summed E-state index contributed by atoms with van der Waals surface area (Å²) in [6, 6.07) is 6.79. The zero-order valence-corrected chi connectivity index (χ0v) is 11.6. The van der Waals surface area contributed by atoms with Gasteiger partial charge < -0.3 is 25.2 Å². The van der Waals surface area contributed by atoms with Gasteiger partial charge in [0.15, 0.2) is 0 Å². The Balaban J connectivity index is 0.000000433. The molecule has 116 valence electrons. The Morgan fingerprint density at radius 1 is 1.14 bits per heavy atom. The highest BCUT2D eigenvalue weighted by Crippen LogP contribution is 2.15. The van der Waals surface area contributed by atoms with Crippen molar-refractivity contribution in [2.45, 2.75) is 6.10 Å². The fourth-order valence-electron chi connectivity index (χ4n) is 0.919. The fourth-order valence-corrected chi connectivity index (χ4v) is 1.04. The normalized spacial score (nSPS) is 11.4. The maximum atomic E-state index is 9.55. The third-order valence-corrected chi connectivity index (χ3v) is 2.09. The molecule has 7 nitrogen and oxygen atoms in total. The number of aliphatic carboxylic acids is 2. The first-order valence-electron chi connectivity index (χ1n) is 5.66. The molecular weight excluding hydrogens is 304 g/mol. The molecule has 0 heterocycles. The molecule has 0 saturated heterocycles. The molecule has 1 rings (SSSR count). The molecule has 1 unspecified atom stereocenters. The number of hydrogen-bond donors (Lipinski definition) is 4. The molecule has 0 aliphatic heterocycles. The lowest BCUT2D eigenvalue weighted by molar-refractivity contribution is -0.134. The van der Waals surface area contributed by atoms with E-state index in [0.717, 1.165) is 0 Å². The maximum absolute atomic E-state index is 9.55. The van der Waals surface area contributed by atoms with Crippen molar-refractivity contribution in [3.8, 4) is 5.75 Å². The van der Waals surface area contributed by atoms with Crippen molar-refractivity contribution < 1.29 is 34.8 Å². The standard InChI is InChI=1S/C9H11ClO3.C4H4O4/c10-7-1-3-9(4-2-7)13-6-8(12)5-11;5-3(6)1-2-4(7)8/h1-4,8,11-12H,5-6H2;1-2H,(H,5,6)(H,7,8)/b;2-1-. The van der Waals surface area contributed by atoms with Crippen molar-refractivity contribution in [3.63, 3.8) is 0 Å². The lowest BCUT2D eigenvalue weighted by Gasteiger charge is -2.09. The van der Waals surface area contributed by atoms with E-state index in [1.807, 2.05) is 0 Å². The number of aliphatic hydroxyl groups excluding tert-OH is 2. The third kappa shape index (κ3) is 11.4.